The molecule has 1 atom stereocenters. The van der Waals surface area contributed by atoms with Crippen molar-refractivity contribution in [1.29, 1.82) is 0 Å². The second-order valence-electron chi connectivity index (χ2n) is 5.46. The summed E-state index contributed by atoms with van der Waals surface area (Å²) in [6.07, 6.45) is 1.21. The minimum Gasteiger partial charge on any atom is -0.369 e. The lowest BCUT2D eigenvalue weighted by Crippen LogP contribution is -2.50. The topological polar surface area (TPSA) is 18.5 Å². The lowest BCUT2D eigenvalue weighted by atomic mass is 10.2. The van der Waals surface area contributed by atoms with Gasteiger partial charge in [-0.1, -0.05) is 18.2 Å². The van der Waals surface area contributed by atoms with E-state index in [0.29, 0.717) is 6.04 Å². The van der Waals surface area contributed by atoms with Crippen LogP contribution in [-0.2, 0) is 6.42 Å². The van der Waals surface area contributed by atoms with Gasteiger partial charge >= 0.3 is 0 Å². The Morgan fingerprint density at radius 3 is 2.78 bits per heavy atom. The first kappa shape index (κ1) is 12.0. The second kappa shape index (κ2) is 5.29. The highest BCUT2D eigenvalue weighted by Crippen LogP contribution is 2.27. The van der Waals surface area contributed by atoms with Crippen molar-refractivity contribution in [1.82, 2.24) is 10.2 Å². The van der Waals surface area contributed by atoms with Crippen LogP contribution in [0.4, 0.5) is 5.69 Å². The number of hydrogen-bond acceptors (Lipinski definition) is 3. The molecule has 0 radical (unpaired) electrons. The molecule has 0 aromatic heterocycles. The fourth-order valence-corrected chi connectivity index (χ4v) is 3.15. The monoisotopic (exact) mass is 245 g/mol. The minimum absolute atomic E-state index is 0.651. The molecule has 2 aliphatic heterocycles. The normalized spacial score (nSPS) is 21.9. The average Bonchev–Trinajstić information content (AvgIpc) is 2.83. The number of para-hydroxylation sites is 1. The van der Waals surface area contributed by atoms with Crippen molar-refractivity contribution in [2.75, 3.05) is 44.2 Å². The quantitative estimate of drug-likeness (QED) is 0.867. The molecule has 1 aromatic rings. The largest absolute Gasteiger partial charge is 0.369 e. The summed E-state index contributed by atoms with van der Waals surface area (Å²) in [7, 11) is 0. The van der Waals surface area contributed by atoms with Gasteiger partial charge in [0.25, 0.3) is 0 Å². The van der Waals surface area contributed by atoms with Crippen LogP contribution >= 0.6 is 0 Å². The third-order valence-electron chi connectivity index (χ3n) is 4.24. The van der Waals surface area contributed by atoms with Gasteiger partial charge in [-0.3, -0.25) is 4.90 Å². The molecule has 0 amide bonds. The van der Waals surface area contributed by atoms with Crippen LogP contribution in [0.2, 0.25) is 0 Å². The standard InChI is InChI=1S/C15H23N3/c1-13(17-10-7-16-8-11-17)12-18-9-6-14-4-2-3-5-15(14)18/h2-5,13,16H,6-12H2,1H3. The lowest BCUT2D eigenvalue weighted by molar-refractivity contribution is 0.187. The summed E-state index contributed by atoms with van der Waals surface area (Å²) in [5, 5.41) is 3.42. The van der Waals surface area contributed by atoms with Gasteiger partial charge in [0, 0.05) is 51.0 Å². The summed E-state index contributed by atoms with van der Waals surface area (Å²) >= 11 is 0. The van der Waals surface area contributed by atoms with Gasteiger partial charge in [-0.15, -0.1) is 0 Å². The Morgan fingerprint density at radius 1 is 1.17 bits per heavy atom. The van der Waals surface area contributed by atoms with Gasteiger partial charge in [0.1, 0.15) is 0 Å². The zero-order valence-electron chi connectivity index (χ0n) is 11.2. The predicted octanol–water partition coefficient (Wildman–Crippen LogP) is 1.34. The molecule has 3 heteroatoms. The Morgan fingerprint density at radius 2 is 1.94 bits per heavy atom. The van der Waals surface area contributed by atoms with E-state index in [-0.39, 0.29) is 0 Å². The highest BCUT2D eigenvalue weighted by atomic mass is 15.3. The molecule has 2 aliphatic rings. The molecule has 0 aliphatic carbocycles. The first-order valence-electron chi connectivity index (χ1n) is 7.12. The van der Waals surface area contributed by atoms with Crippen molar-refractivity contribution in [3.8, 4) is 0 Å². The van der Waals surface area contributed by atoms with Gasteiger partial charge in [-0.05, 0) is 25.0 Å². The Balaban J connectivity index is 1.63. The van der Waals surface area contributed by atoms with Crippen molar-refractivity contribution in [3.63, 3.8) is 0 Å². The summed E-state index contributed by atoms with van der Waals surface area (Å²) in [6, 6.07) is 9.50. The van der Waals surface area contributed by atoms with E-state index >= 15 is 0 Å². The first-order chi connectivity index (χ1) is 8.84. The third kappa shape index (κ3) is 2.38. The number of rotatable bonds is 3. The van der Waals surface area contributed by atoms with Crippen molar-refractivity contribution in [2.45, 2.75) is 19.4 Å². The molecule has 1 aromatic carbocycles. The van der Waals surface area contributed by atoms with Crippen LogP contribution in [0, 0.1) is 0 Å². The molecule has 1 unspecified atom stereocenters. The fourth-order valence-electron chi connectivity index (χ4n) is 3.15. The van der Waals surface area contributed by atoms with Crippen LogP contribution in [0.15, 0.2) is 24.3 Å². The molecular formula is C15H23N3. The molecule has 0 spiro atoms. The Bertz CT molecular complexity index is 398. The molecule has 1 fully saturated rings. The van der Waals surface area contributed by atoms with E-state index in [9.17, 15) is 0 Å². The molecule has 1 saturated heterocycles. The van der Waals surface area contributed by atoms with Gasteiger partial charge in [0.05, 0.1) is 0 Å². The van der Waals surface area contributed by atoms with Crippen molar-refractivity contribution >= 4 is 5.69 Å². The maximum absolute atomic E-state index is 3.42. The Hall–Kier alpha value is -1.06. The maximum Gasteiger partial charge on any atom is 0.0400 e. The maximum atomic E-state index is 3.42. The number of nitrogens with one attached hydrogen (secondary N) is 1. The fraction of sp³-hybridized carbons (Fsp3) is 0.600. The zero-order valence-corrected chi connectivity index (χ0v) is 11.2. The lowest BCUT2D eigenvalue weighted by Gasteiger charge is -2.35. The third-order valence-corrected chi connectivity index (χ3v) is 4.24. The number of piperazine rings is 1. The van der Waals surface area contributed by atoms with Crippen LogP contribution in [-0.4, -0.2) is 50.2 Å². The van der Waals surface area contributed by atoms with Crippen LogP contribution < -0.4 is 10.2 Å². The number of anilines is 1. The number of benzene rings is 1. The highest BCUT2D eigenvalue weighted by Gasteiger charge is 2.23. The molecule has 1 N–H and O–H groups in total. The van der Waals surface area contributed by atoms with Crippen molar-refractivity contribution in [2.24, 2.45) is 0 Å². The van der Waals surface area contributed by atoms with E-state index in [1.807, 2.05) is 0 Å². The molecule has 0 bridgehead atoms. The van der Waals surface area contributed by atoms with E-state index in [1.165, 1.54) is 37.3 Å². The predicted molar refractivity (Wildman–Crippen MR) is 76.3 cm³/mol. The van der Waals surface area contributed by atoms with Gasteiger partial charge in [0.2, 0.25) is 0 Å². The summed E-state index contributed by atoms with van der Waals surface area (Å²) in [5.41, 5.74) is 2.98. The van der Waals surface area contributed by atoms with Crippen molar-refractivity contribution < 1.29 is 0 Å². The molecule has 3 nitrogen and oxygen atoms in total. The van der Waals surface area contributed by atoms with Gasteiger partial charge in [-0.25, -0.2) is 0 Å². The summed E-state index contributed by atoms with van der Waals surface area (Å²) in [6.45, 7) is 9.38. The van der Waals surface area contributed by atoms with E-state index in [0.717, 1.165) is 19.6 Å². The van der Waals surface area contributed by atoms with Crippen LogP contribution in [0.5, 0.6) is 0 Å². The van der Waals surface area contributed by atoms with Crippen LogP contribution in [0.1, 0.15) is 12.5 Å². The van der Waals surface area contributed by atoms with E-state index in [2.05, 4.69) is 46.3 Å². The first-order valence-corrected chi connectivity index (χ1v) is 7.12. The molecule has 98 valence electrons. The smallest absolute Gasteiger partial charge is 0.0400 e. The van der Waals surface area contributed by atoms with Gasteiger partial charge < -0.3 is 10.2 Å². The van der Waals surface area contributed by atoms with Crippen molar-refractivity contribution in [3.05, 3.63) is 29.8 Å². The van der Waals surface area contributed by atoms with E-state index in [4.69, 9.17) is 0 Å². The summed E-state index contributed by atoms with van der Waals surface area (Å²) < 4.78 is 0. The van der Waals surface area contributed by atoms with Crippen LogP contribution in [0.25, 0.3) is 0 Å². The Kier molecular flexibility index (Phi) is 3.52. The van der Waals surface area contributed by atoms with E-state index in [1.54, 1.807) is 0 Å². The SMILES string of the molecule is CC(CN1CCc2ccccc21)N1CCNCC1. The summed E-state index contributed by atoms with van der Waals surface area (Å²) in [5.74, 6) is 0. The second-order valence-corrected chi connectivity index (χ2v) is 5.46. The molecule has 3 rings (SSSR count). The molecular weight excluding hydrogens is 222 g/mol. The minimum atomic E-state index is 0.651. The Labute approximate surface area is 110 Å². The van der Waals surface area contributed by atoms with E-state index < -0.39 is 0 Å². The van der Waals surface area contributed by atoms with Gasteiger partial charge in [0.15, 0.2) is 0 Å². The number of fused-ring (bicyclic) bond motifs is 1. The molecule has 18 heavy (non-hydrogen) atoms. The highest BCUT2D eigenvalue weighted by molar-refractivity contribution is 5.57. The van der Waals surface area contributed by atoms with Crippen LogP contribution in [0.3, 0.4) is 0 Å². The molecule has 0 saturated carbocycles. The number of nitrogens with zero attached hydrogens (tertiary/aromatic N) is 2. The average molecular weight is 245 g/mol. The van der Waals surface area contributed by atoms with Gasteiger partial charge in [-0.2, -0.15) is 0 Å². The summed E-state index contributed by atoms with van der Waals surface area (Å²) in [4.78, 5) is 5.17. The zero-order chi connectivity index (χ0) is 12.4. The number of hydrogen-bond donors (Lipinski definition) is 1. The molecule has 2 heterocycles.